The molecule has 58 valence electrons. The zero-order valence-corrected chi connectivity index (χ0v) is 6.71. The van der Waals surface area contributed by atoms with Crippen molar-refractivity contribution >= 4 is 0 Å². The lowest BCUT2D eigenvalue weighted by atomic mass is 9.99. The minimum atomic E-state index is 0.671. The second kappa shape index (κ2) is 2.57. The maximum absolute atomic E-state index is 5.54. The van der Waals surface area contributed by atoms with E-state index in [2.05, 4.69) is 19.1 Å². The van der Waals surface area contributed by atoms with Gasteiger partial charge in [0.15, 0.2) is 0 Å². The predicted octanol–water partition coefficient (Wildman–Crippen LogP) is 2.26. The Labute approximate surface area is 67.0 Å². The average Bonchev–Trinajstić information content (AvgIpc) is 2.04. The highest BCUT2D eigenvalue weighted by atomic mass is 16.5. The number of para-hydroxylation sites is 1. The molecule has 0 saturated heterocycles. The Kier molecular flexibility index (Phi) is 1.57. The number of rotatable bonds is 0. The summed E-state index contributed by atoms with van der Waals surface area (Å²) in [4.78, 5) is 0. The number of hydrogen-bond donors (Lipinski definition) is 0. The van der Waals surface area contributed by atoms with Gasteiger partial charge in [0.05, 0.1) is 6.61 Å². The molecule has 0 fully saturated rings. The largest absolute Gasteiger partial charge is 0.493 e. The van der Waals surface area contributed by atoms with Crippen LogP contribution in [0.1, 0.15) is 12.5 Å². The van der Waals surface area contributed by atoms with Crippen molar-refractivity contribution in [3.05, 3.63) is 29.8 Å². The molecule has 1 heterocycles. The summed E-state index contributed by atoms with van der Waals surface area (Å²) in [6.07, 6.45) is 1.16. The second-order valence-electron chi connectivity index (χ2n) is 3.23. The third-order valence-corrected chi connectivity index (χ3v) is 2.06. The molecule has 0 unspecified atom stereocenters. The van der Waals surface area contributed by atoms with Crippen molar-refractivity contribution in [1.82, 2.24) is 0 Å². The molecule has 1 aliphatic rings. The van der Waals surface area contributed by atoms with E-state index in [0.717, 1.165) is 18.8 Å². The van der Waals surface area contributed by atoms with Gasteiger partial charge in [-0.05, 0) is 24.0 Å². The Balaban J connectivity index is 2.34. The quantitative estimate of drug-likeness (QED) is 0.548. The van der Waals surface area contributed by atoms with Crippen molar-refractivity contribution in [2.75, 3.05) is 6.61 Å². The van der Waals surface area contributed by atoms with E-state index in [1.54, 1.807) is 0 Å². The Morgan fingerprint density at radius 2 is 2.18 bits per heavy atom. The van der Waals surface area contributed by atoms with Gasteiger partial charge >= 0.3 is 0 Å². The van der Waals surface area contributed by atoms with Crippen LogP contribution in [-0.2, 0) is 6.42 Å². The van der Waals surface area contributed by atoms with Crippen LogP contribution in [-0.4, -0.2) is 6.61 Å². The molecule has 1 aromatic carbocycles. The van der Waals surface area contributed by atoms with E-state index in [1.165, 1.54) is 5.56 Å². The van der Waals surface area contributed by atoms with Crippen LogP contribution in [0.3, 0.4) is 0 Å². The van der Waals surface area contributed by atoms with Crippen LogP contribution in [0, 0.1) is 5.92 Å². The van der Waals surface area contributed by atoms with Crippen LogP contribution in [0.15, 0.2) is 24.3 Å². The smallest absolute Gasteiger partial charge is 0.122 e. The molecule has 1 aliphatic heterocycles. The first-order valence-corrected chi connectivity index (χ1v) is 4.07. The molecule has 1 nitrogen and oxygen atoms in total. The summed E-state index contributed by atoms with van der Waals surface area (Å²) in [7, 11) is 0. The number of benzene rings is 1. The zero-order valence-electron chi connectivity index (χ0n) is 6.71. The Morgan fingerprint density at radius 1 is 1.36 bits per heavy atom. The average molecular weight is 148 g/mol. The Hall–Kier alpha value is -0.980. The van der Waals surface area contributed by atoms with Gasteiger partial charge in [0.1, 0.15) is 5.75 Å². The first-order chi connectivity index (χ1) is 5.36. The van der Waals surface area contributed by atoms with E-state index < -0.39 is 0 Å². The number of hydrogen-bond acceptors (Lipinski definition) is 1. The van der Waals surface area contributed by atoms with Crippen molar-refractivity contribution in [1.29, 1.82) is 0 Å². The van der Waals surface area contributed by atoms with Crippen molar-refractivity contribution in [3.63, 3.8) is 0 Å². The van der Waals surface area contributed by atoms with E-state index in [4.69, 9.17) is 4.74 Å². The van der Waals surface area contributed by atoms with E-state index in [1.807, 2.05) is 12.1 Å². The van der Waals surface area contributed by atoms with Crippen LogP contribution >= 0.6 is 0 Å². The first-order valence-electron chi connectivity index (χ1n) is 4.07. The van der Waals surface area contributed by atoms with Gasteiger partial charge < -0.3 is 4.74 Å². The zero-order chi connectivity index (χ0) is 7.68. The fourth-order valence-electron chi connectivity index (χ4n) is 1.48. The molecule has 2 rings (SSSR count). The molecule has 0 N–H and O–H groups in total. The maximum Gasteiger partial charge on any atom is 0.122 e. The predicted molar refractivity (Wildman–Crippen MR) is 44.8 cm³/mol. The molecule has 11 heavy (non-hydrogen) atoms. The molecule has 0 spiro atoms. The second-order valence-corrected chi connectivity index (χ2v) is 3.23. The van der Waals surface area contributed by atoms with Crippen molar-refractivity contribution in [2.24, 2.45) is 5.92 Å². The van der Waals surface area contributed by atoms with Gasteiger partial charge in [-0.15, -0.1) is 0 Å². The molecule has 0 radical (unpaired) electrons. The van der Waals surface area contributed by atoms with Gasteiger partial charge in [0, 0.05) is 0 Å². The molecule has 0 bridgehead atoms. The van der Waals surface area contributed by atoms with Crippen LogP contribution in [0.5, 0.6) is 5.75 Å². The molecule has 0 amide bonds. The van der Waals surface area contributed by atoms with E-state index in [-0.39, 0.29) is 0 Å². The number of fused-ring (bicyclic) bond motifs is 1. The third kappa shape index (κ3) is 1.23. The highest BCUT2D eigenvalue weighted by molar-refractivity contribution is 5.34. The fraction of sp³-hybridized carbons (Fsp3) is 0.400. The summed E-state index contributed by atoms with van der Waals surface area (Å²) in [5, 5.41) is 0. The van der Waals surface area contributed by atoms with Crippen LogP contribution in [0.25, 0.3) is 0 Å². The Morgan fingerprint density at radius 3 is 3.09 bits per heavy atom. The van der Waals surface area contributed by atoms with Gasteiger partial charge in [0.2, 0.25) is 0 Å². The lowest BCUT2D eigenvalue weighted by Gasteiger charge is -2.21. The van der Waals surface area contributed by atoms with E-state index in [0.29, 0.717) is 5.92 Å². The highest BCUT2D eigenvalue weighted by Crippen LogP contribution is 2.25. The van der Waals surface area contributed by atoms with Crippen LogP contribution < -0.4 is 4.74 Å². The molecule has 0 aliphatic carbocycles. The number of ether oxygens (including phenoxy) is 1. The summed E-state index contributed by atoms with van der Waals surface area (Å²) in [5.41, 5.74) is 1.35. The minimum Gasteiger partial charge on any atom is -0.493 e. The van der Waals surface area contributed by atoms with E-state index >= 15 is 0 Å². The van der Waals surface area contributed by atoms with Gasteiger partial charge in [0.25, 0.3) is 0 Å². The maximum atomic E-state index is 5.54. The van der Waals surface area contributed by atoms with Crippen molar-refractivity contribution in [3.8, 4) is 5.75 Å². The van der Waals surface area contributed by atoms with Gasteiger partial charge in [-0.2, -0.15) is 0 Å². The molecular weight excluding hydrogens is 136 g/mol. The van der Waals surface area contributed by atoms with Crippen LogP contribution in [0.4, 0.5) is 0 Å². The lowest BCUT2D eigenvalue weighted by Crippen LogP contribution is -2.17. The summed E-state index contributed by atoms with van der Waals surface area (Å²) in [5.74, 6) is 1.75. The monoisotopic (exact) mass is 148 g/mol. The van der Waals surface area contributed by atoms with Gasteiger partial charge in [-0.25, -0.2) is 0 Å². The van der Waals surface area contributed by atoms with Gasteiger partial charge in [-0.1, -0.05) is 25.1 Å². The molecule has 1 heteroatoms. The lowest BCUT2D eigenvalue weighted by molar-refractivity contribution is 0.234. The topological polar surface area (TPSA) is 9.23 Å². The molecular formula is C10H12O. The third-order valence-electron chi connectivity index (χ3n) is 2.06. The molecule has 1 atom stereocenters. The highest BCUT2D eigenvalue weighted by Gasteiger charge is 2.14. The van der Waals surface area contributed by atoms with Crippen molar-refractivity contribution in [2.45, 2.75) is 13.3 Å². The summed E-state index contributed by atoms with van der Waals surface area (Å²) in [6.45, 7) is 3.09. The summed E-state index contributed by atoms with van der Waals surface area (Å²) < 4.78 is 5.54. The summed E-state index contributed by atoms with van der Waals surface area (Å²) >= 11 is 0. The van der Waals surface area contributed by atoms with Crippen molar-refractivity contribution < 1.29 is 4.74 Å². The minimum absolute atomic E-state index is 0.671. The first kappa shape index (κ1) is 6.71. The SMILES string of the molecule is C[C@H]1COc2ccccc2C1. The summed E-state index contributed by atoms with van der Waals surface area (Å²) in [6, 6.07) is 8.28. The normalized spacial score (nSPS) is 22.1. The fourth-order valence-corrected chi connectivity index (χ4v) is 1.48. The van der Waals surface area contributed by atoms with Gasteiger partial charge in [-0.3, -0.25) is 0 Å². The molecule has 0 aromatic heterocycles. The molecule has 0 saturated carbocycles. The Bertz CT molecular complexity index is 255. The molecule has 1 aromatic rings. The van der Waals surface area contributed by atoms with Crippen LogP contribution in [0.2, 0.25) is 0 Å². The standard InChI is InChI=1S/C10H12O/c1-8-6-9-4-2-3-5-10(9)11-7-8/h2-5,8H,6-7H2,1H3/t8-/m1/s1. The van der Waals surface area contributed by atoms with E-state index in [9.17, 15) is 0 Å².